The second-order valence-corrected chi connectivity index (χ2v) is 9.84. The van der Waals surface area contributed by atoms with E-state index in [2.05, 4.69) is 15.0 Å². The molecule has 1 N–H and O–H groups in total. The minimum atomic E-state index is -0.488. The summed E-state index contributed by atoms with van der Waals surface area (Å²) in [6.45, 7) is 4.89. The highest BCUT2D eigenvalue weighted by molar-refractivity contribution is 6.01. The van der Waals surface area contributed by atoms with Crippen molar-refractivity contribution in [1.82, 2.24) is 29.4 Å². The van der Waals surface area contributed by atoms with Crippen molar-refractivity contribution >= 4 is 38.7 Å². The molecule has 5 aromatic rings. The summed E-state index contributed by atoms with van der Waals surface area (Å²) < 4.78 is 1.65. The molecule has 1 fully saturated rings. The van der Waals surface area contributed by atoms with Crippen LogP contribution in [0.4, 0.5) is 0 Å². The third kappa shape index (κ3) is 3.96. The fourth-order valence-corrected chi connectivity index (χ4v) is 5.22. The number of H-pyrrole nitrogens is 1. The zero-order valence-corrected chi connectivity index (χ0v) is 20.6. The number of pyridine rings is 3. The monoisotopic (exact) mass is 494 g/mol. The number of nitrogens with one attached hydrogen (secondary N) is 1. The largest absolute Gasteiger partial charge is 0.342 e. The number of benzene rings is 1. The number of aromatic amines is 1. The lowest BCUT2D eigenvalue weighted by atomic mass is 10.0. The molecule has 37 heavy (non-hydrogen) atoms. The number of hydrogen-bond donors (Lipinski definition) is 1. The smallest absolute Gasteiger partial charge is 0.329 e. The van der Waals surface area contributed by atoms with Crippen LogP contribution >= 0.6 is 0 Å². The van der Waals surface area contributed by atoms with Crippen LogP contribution < -0.4 is 11.2 Å². The number of piperidine rings is 1. The number of likely N-dealkylation sites (tertiary alicyclic amines) is 1. The first kappa shape index (κ1) is 23.0. The topological polar surface area (TPSA) is 114 Å². The average molecular weight is 495 g/mol. The van der Waals surface area contributed by atoms with Gasteiger partial charge in [-0.1, -0.05) is 32.0 Å². The fraction of sp³-hybridized carbons (Fsp3) is 0.286. The molecule has 0 saturated carbocycles. The predicted molar refractivity (Wildman–Crippen MR) is 142 cm³/mol. The highest BCUT2D eigenvalue weighted by Crippen LogP contribution is 2.29. The molecule has 1 aromatic carbocycles. The lowest BCUT2D eigenvalue weighted by Gasteiger charge is -2.34. The molecule has 5 heterocycles. The first-order chi connectivity index (χ1) is 17.9. The third-order valence-electron chi connectivity index (χ3n) is 7.13. The van der Waals surface area contributed by atoms with Gasteiger partial charge in [-0.15, -0.1) is 0 Å². The van der Waals surface area contributed by atoms with E-state index in [1.807, 2.05) is 61.2 Å². The Hall–Kier alpha value is -4.40. The summed E-state index contributed by atoms with van der Waals surface area (Å²) in [5.74, 6) is 0.0393. The maximum Gasteiger partial charge on any atom is 0.329 e. The molecule has 9 heteroatoms. The van der Waals surface area contributed by atoms with Crippen LogP contribution in [0.15, 0.2) is 64.4 Å². The molecule has 0 spiro atoms. The van der Waals surface area contributed by atoms with Gasteiger partial charge in [0.2, 0.25) is 5.91 Å². The van der Waals surface area contributed by atoms with E-state index in [4.69, 9.17) is 4.98 Å². The van der Waals surface area contributed by atoms with Gasteiger partial charge < -0.3 is 4.90 Å². The first-order valence-electron chi connectivity index (χ1n) is 12.5. The van der Waals surface area contributed by atoms with Gasteiger partial charge in [0.15, 0.2) is 0 Å². The van der Waals surface area contributed by atoms with Crippen LogP contribution in [0.3, 0.4) is 0 Å². The van der Waals surface area contributed by atoms with E-state index in [1.165, 1.54) is 6.20 Å². The van der Waals surface area contributed by atoms with Crippen LogP contribution in [0, 0.1) is 5.92 Å². The van der Waals surface area contributed by atoms with Gasteiger partial charge in [-0.3, -0.25) is 29.1 Å². The lowest BCUT2D eigenvalue weighted by molar-refractivity contribution is -0.135. The Labute approximate surface area is 211 Å². The third-order valence-corrected chi connectivity index (χ3v) is 7.13. The summed E-state index contributed by atoms with van der Waals surface area (Å²) in [5.41, 5.74) is 3.00. The van der Waals surface area contributed by atoms with E-state index in [1.54, 1.807) is 10.8 Å². The molecule has 0 atom stereocenters. The molecule has 0 aliphatic carbocycles. The summed E-state index contributed by atoms with van der Waals surface area (Å²) in [6, 6.07) is 13.4. The Bertz CT molecular complexity index is 1800. The van der Waals surface area contributed by atoms with Gasteiger partial charge in [0.05, 0.1) is 27.6 Å². The van der Waals surface area contributed by atoms with Crippen molar-refractivity contribution in [2.75, 3.05) is 13.1 Å². The van der Waals surface area contributed by atoms with Crippen LogP contribution in [-0.2, 0) is 4.79 Å². The molecule has 6 rings (SSSR count). The predicted octanol–water partition coefficient (Wildman–Crippen LogP) is 3.67. The highest BCUT2D eigenvalue weighted by Gasteiger charge is 2.28. The van der Waals surface area contributed by atoms with Gasteiger partial charge >= 0.3 is 5.69 Å². The number of hydrogen-bond acceptors (Lipinski definition) is 6. The quantitative estimate of drug-likeness (QED) is 0.383. The van der Waals surface area contributed by atoms with Crippen molar-refractivity contribution in [3.8, 4) is 11.3 Å². The summed E-state index contributed by atoms with van der Waals surface area (Å²) >= 11 is 0. The van der Waals surface area contributed by atoms with Crippen molar-refractivity contribution in [3.05, 3.63) is 75.7 Å². The van der Waals surface area contributed by atoms with Gasteiger partial charge in [-0.2, -0.15) is 0 Å². The second-order valence-electron chi connectivity index (χ2n) is 9.84. The molecule has 1 aliphatic heterocycles. The molecule has 1 saturated heterocycles. The molecule has 0 unspecified atom stereocenters. The normalized spacial score (nSPS) is 14.7. The first-order valence-corrected chi connectivity index (χ1v) is 12.5. The SMILES string of the molecule is CC(C)C(=O)N1CCC(n2c(=O)[nH]c(=O)c3cnc4ccc(-c5cnc6ccccc6c5)nc4c32)CC1. The Morgan fingerprint density at radius 1 is 1.00 bits per heavy atom. The molecule has 9 nitrogen and oxygen atoms in total. The lowest BCUT2D eigenvalue weighted by Crippen LogP contribution is -2.43. The fourth-order valence-electron chi connectivity index (χ4n) is 5.22. The number of aromatic nitrogens is 5. The number of nitrogens with zero attached hydrogens (tertiary/aromatic N) is 5. The van der Waals surface area contributed by atoms with Crippen LogP contribution in [0.5, 0.6) is 0 Å². The molecular weight excluding hydrogens is 468 g/mol. The molecule has 186 valence electrons. The van der Waals surface area contributed by atoms with Crippen molar-refractivity contribution in [2.24, 2.45) is 5.92 Å². The summed E-state index contributed by atoms with van der Waals surface area (Å²) in [5, 5.41) is 1.31. The molecule has 4 aromatic heterocycles. The van der Waals surface area contributed by atoms with Crippen molar-refractivity contribution in [3.63, 3.8) is 0 Å². The summed E-state index contributed by atoms with van der Waals surface area (Å²) in [6.07, 6.45) is 4.49. The number of carbonyl (C=O) groups excluding carboxylic acids is 1. The molecule has 1 aliphatic rings. The Kier molecular flexibility index (Phi) is 5.55. The van der Waals surface area contributed by atoms with Gasteiger partial charge in [-0.25, -0.2) is 9.78 Å². The standard InChI is InChI=1S/C28H26N6O3/c1-16(2)27(36)33-11-9-19(10-12-33)34-25-20(26(35)32-28(34)37)15-30-23-8-7-22(31-24(23)25)18-13-17-5-3-4-6-21(17)29-14-18/h3-8,13-16,19H,9-12H2,1-2H3,(H,32,35,37). The summed E-state index contributed by atoms with van der Waals surface area (Å²) in [7, 11) is 0. The van der Waals surface area contributed by atoms with Gasteiger partial charge in [0.1, 0.15) is 5.52 Å². The van der Waals surface area contributed by atoms with E-state index in [0.29, 0.717) is 53.6 Å². The molecular formula is C28H26N6O3. The van der Waals surface area contributed by atoms with Crippen molar-refractivity contribution in [2.45, 2.75) is 32.7 Å². The number of fused-ring (bicyclic) bond motifs is 4. The zero-order valence-electron chi connectivity index (χ0n) is 20.6. The van der Waals surface area contributed by atoms with E-state index in [9.17, 15) is 14.4 Å². The number of rotatable bonds is 3. The highest BCUT2D eigenvalue weighted by atomic mass is 16.2. The number of amides is 1. The Morgan fingerprint density at radius 3 is 2.54 bits per heavy atom. The number of carbonyl (C=O) groups is 1. The molecule has 1 amide bonds. The number of para-hydroxylation sites is 1. The molecule has 0 bridgehead atoms. The van der Waals surface area contributed by atoms with Gasteiger partial charge in [0, 0.05) is 48.4 Å². The Balaban J connectivity index is 1.51. The van der Waals surface area contributed by atoms with E-state index in [-0.39, 0.29) is 17.9 Å². The van der Waals surface area contributed by atoms with Gasteiger partial charge in [0.25, 0.3) is 5.56 Å². The van der Waals surface area contributed by atoms with Crippen LogP contribution in [0.25, 0.3) is 44.1 Å². The van der Waals surface area contributed by atoms with Crippen LogP contribution in [0.2, 0.25) is 0 Å². The average Bonchev–Trinajstić information content (AvgIpc) is 2.92. The maximum absolute atomic E-state index is 13.2. The molecule has 0 radical (unpaired) electrons. The maximum atomic E-state index is 13.2. The van der Waals surface area contributed by atoms with Crippen LogP contribution in [-0.4, -0.2) is 48.4 Å². The summed E-state index contributed by atoms with van der Waals surface area (Å²) in [4.78, 5) is 56.7. The van der Waals surface area contributed by atoms with Crippen molar-refractivity contribution in [1.29, 1.82) is 0 Å². The van der Waals surface area contributed by atoms with Crippen LogP contribution in [0.1, 0.15) is 32.7 Å². The second kappa shape index (κ2) is 8.92. The minimum absolute atomic E-state index is 0.0737. The van der Waals surface area contributed by atoms with E-state index in [0.717, 1.165) is 16.5 Å². The van der Waals surface area contributed by atoms with Gasteiger partial charge in [-0.05, 0) is 37.1 Å². The van der Waals surface area contributed by atoms with Crippen molar-refractivity contribution < 1.29 is 4.79 Å². The Morgan fingerprint density at radius 2 is 1.76 bits per heavy atom. The van der Waals surface area contributed by atoms with E-state index < -0.39 is 11.2 Å². The zero-order chi connectivity index (χ0) is 25.7. The van der Waals surface area contributed by atoms with E-state index >= 15 is 0 Å². The minimum Gasteiger partial charge on any atom is -0.342 e.